The monoisotopic (exact) mass is 978 g/mol. The van der Waals surface area contributed by atoms with E-state index in [1.807, 2.05) is 13.8 Å². The number of hydrogen-bond acceptors (Lipinski definition) is 24. The first-order valence-electron chi connectivity index (χ1n) is 17.1. The van der Waals surface area contributed by atoms with Crippen LogP contribution in [0, 0.1) is 0 Å². The van der Waals surface area contributed by atoms with Crippen LogP contribution in [0.5, 0.6) is 0 Å². The van der Waals surface area contributed by atoms with Crippen LogP contribution in [0.2, 0.25) is 12.1 Å². The lowest BCUT2D eigenvalue weighted by Gasteiger charge is -2.41. The SMILES string of the molecule is CCCC[Si](O[Si](OC)(OC)OC)(O[Si](OC)(OC)OC)O[Si](OC)(OC)OC.CCC[Si](O[Si](OC)(OC)OC)(O[Si](OC)(OC)OC)O[Si](OC)(OC)OC. The fraction of sp³-hybridized carbons (Fsp3) is 1.00. The van der Waals surface area contributed by atoms with Gasteiger partial charge in [-0.3, -0.25) is 0 Å². The molecule has 346 valence electrons. The fourth-order valence-corrected chi connectivity index (χ4v) is 29.8. The first-order valence-corrected chi connectivity index (χ1v) is 30.8. The van der Waals surface area contributed by atoms with Gasteiger partial charge in [0.05, 0.1) is 0 Å². The van der Waals surface area contributed by atoms with Gasteiger partial charge >= 0.3 is 71.9 Å². The van der Waals surface area contributed by atoms with Crippen molar-refractivity contribution in [2.75, 3.05) is 128 Å². The number of rotatable bonds is 35. The topological polar surface area (TPSA) is 222 Å². The van der Waals surface area contributed by atoms with Crippen molar-refractivity contribution in [3.05, 3.63) is 0 Å². The highest BCUT2D eigenvalue weighted by Gasteiger charge is 2.67. The molecule has 0 saturated heterocycles. The predicted molar refractivity (Wildman–Crippen MR) is 214 cm³/mol. The van der Waals surface area contributed by atoms with Gasteiger partial charge in [0.25, 0.3) is 0 Å². The molecule has 0 heterocycles. The summed E-state index contributed by atoms with van der Waals surface area (Å²) in [6.45, 7) is 3.92. The molecule has 57 heavy (non-hydrogen) atoms. The molecule has 0 aromatic carbocycles. The Hall–Kier alpha value is 0.775. The molecular weight excluding hydrogens is 909 g/mol. The smallest absolute Gasteiger partial charge is 0.355 e. The van der Waals surface area contributed by atoms with Gasteiger partial charge in [0.2, 0.25) is 0 Å². The zero-order valence-corrected chi connectivity index (χ0v) is 45.3. The highest BCUT2D eigenvalue weighted by atomic mass is 28.5. The Labute approximate surface area is 348 Å². The van der Waals surface area contributed by atoms with Crippen LogP contribution in [0.1, 0.15) is 33.1 Å². The van der Waals surface area contributed by atoms with Crippen LogP contribution in [0.15, 0.2) is 0 Å². The molecule has 0 radical (unpaired) electrons. The molecule has 0 aromatic rings. The zero-order valence-electron chi connectivity index (χ0n) is 37.3. The Kier molecular flexibility index (Phi) is 30.7. The van der Waals surface area contributed by atoms with E-state index in [0.717, 1.165) is 6.42 Å². The summed E-state index contributed by atoms with van der Waals surface area (Å²) in [4.78, 5) is 0. The molecule has 0 amide bonds. The average Bonchev–Trinajstić information content (AvgIpc) is 3.27. The van der Waals surface area contributed by atoms with Gasteiger partial charge in [-0.1, -0.05) is 26.7 Å². The summed E-state index contributed by atoms with van der Waals surface area (Å²) < 4.78 is 135. The third-order valence-electron chi connectivity index (χ3n) is 7.58. The summed E-state index contributed by atoms with van der Waals surface area (Å²) in [5.74, 6) is 0. The van der Waals surface area contributed by atoms with Crippen molar-refractivity contribution < 1.29 is 104 Å². The third kappa shape index (κ3) is 17.1. The first kappa shape index (κ1) is 59.9. The molecule has 0 saturated carbocycles. The highest BCUT2D eigenvalue weighted by Crippen LogP contribution is 2.34. The third-order valence-corrected chi connectivity index (χ3v) is 32.1. The minimum Gasteiger partial charge on any atom is -0.355 e. The summed E-state index contributed by atoms with van der Waals surface area (Å²) in [6.07, 6.45) is 2.07. The maximum Gasteiger partial charge on any atom is 0.671 e. The van der Waals surface area contributed by atoms with Gasteiger partial charge in [0.1, 0.15) is 0 Å². The molecule has 0 aliphatic rings. The van der Waals surface area contributed by atoms with Crippen molar-refractivity contribution >= 4 is 71.9 Å². The average molecular weight is 979 g/mol. The van der Waals surface area contributed by atoms with Gasteiger partial charge < -0.3 is 104 Å². The Morgan fingerprint density at radius 2 is 0.386 bits per heavy atom. The largest absolute Gasteiger partial charge is 0.671 e. The van der Waals surface area contributed by atoms with E-state index in [1.165, 1.54) is 128 Å². The number of hydrogen-bond donors (Lipinski definition) is 0. The standard InChI is InChI=1S/C13H36O12Si4.C12H34O12Si4/c1-11-12-13-26(23-27(14-2,15-3)16-4,24-28(17-5,18-6)19-7)25-29(20-8,21-9)22-10;1-11-12-25(22-26(13-2,14-3)15-4,23-27(16-5,17-6)18-7)24-28(19-8,20-9)21-10/h11-13H2,1-10H3;11-12H2,1-10H3. The van der Waals surface area contributed by atoms with E-state index >= 15 is 0 Å². The van der Waals surface area contributed by atoms with Crippen LogP contribution in [-0.2, 0) is 104 Å². The summed E-state index contributed by atoms with van der Waals surface area (Å²) in [5.41, 5.74) is 0. The van der Waals surface area contributed by atoms with Crippen LogP contribution >= 0.6 is 0 Å². The molecule has 0 atom stereocenters. The molecule has 0 aliphatic heterocycles. The van der Waals surface area contributed by atoms with E-state index in [2.05, 4.69) is 0 Å². The second-order valence-electron chi connectivity index (χ2n) is 10.5. The maximum absolute atomic E-state index is 6.25. The molecule has 0 bridgehead atoms. The normalized spacial score (nSPS) is 13.9. The van der Waals surface area contributed by atoms with Gasteiger partial charge in [-0.05, 0) is 6.42 Å². The van der Waals surface area contributed by atoms with Crippen LogP contribution in [0.4, 0.5) is 0 Å². The van der Waals surface area contributed by atoms with Crippen molar-refractivity contribution in [1.82, 2.24) is 0 Å². The number of unbranched alkanes of at least 4 members (excludes halogenated alkanes) is 1. The van der Waals surface area contributed by atoms with E-state index in [-0.39, 0.29) is 6.04 Å². The Morgan fingerprint density at radius 3 is 0.509 bits per heavy atom. The van der Waals surface area contributed by atoms with E-state index in [1.54, 1.807) is 0 Å². The molecule has 0 fully saturated rings. The van der Waals surface area contributed by atoms with E-state index in [0.29, 0.717) is 18.9 Å². The van der Waals surface area contributed by atoms with Crippen molar-refractivity contribution in [1.29, 1.82) is 0 Å². The van der Waals surface area contributed by atoms with E-state index in [4.69, 9.17) is 104 Å². The maximum atomic E-state index is 6.25. The van der Waals surface area contributed by atoms with Gasteiger partial charge in [-0.25, -0.2) is 0 Å². The van der Waals surface area contributed by atoms with Crippen molar-refractivity contribution in [2.45, 2.75) is 45.2 Å². The van der Waals surface area contributed by atoms with E-state index < -0.39 is 71.9 Å². The molecule has 0 aromatic heterocycles. The van der Waals surface area contributed by atoms with Gasteiger partial charge in [-0.2, -0.15) is 0 Å². The molecular formula is C25H70O24Si8. The van der Waals surface area contributed by atoms with Crippen LogP contribution in [0.25, 0.3) is 0 Å². The van der Waals surface area contributed by atoms with Crippen molar-refractivity contribution in [2.24, 2.45) is 0 Å². The molecule has 0 rings (SSSR count). The minimum atomic E-state index is -3.85. The molecule has 0 spiro atoms. The summed E-state index contributed by atoms with van der Waals surface area (Å²) in [6, 6.07) is 0.595. The summed E-state index contributed by atoms with van der Waals surface area (Å²) >= 11 is 0. The molecule has 24 nitrogen and oxygen atoms in total. The van der Waals surface area contributed by atoms with Crippen molar-refractivity contribution in [3.63, 3.8) is 0 Å². The molecule has 0 aliphatic carbocycles. The lowest BCUT2D eigenvalue weighted by molar-refractivity contribution is -0.0286. The lowest BCUT2D eigenvalue weighted by atomic mass is 10.4. The second kappa shape index (κ2) is 29.2. The summed E-state index contributed by atoms with van der Waals surface area (Å²) in [7, 11) is -4.41. The molecule has 32 heteroatoms. The van der Waals surface area contributed by atoms with Crippen LogP contribution in [-0.4, -0.2) is 200 Å². The quantitative estimate of drug-likeness (QED) is 0.0820. The lowest BCUT2D eigenvalue weighted by Crippen LogP contribution is -2.69. The van der Waals surface area contributed by atoms with Crippen LogP contribution < -0.4 is 0 Å². The van der Waals surface area contributed by atoms with Gasteiger partial charge in [0, 0.05) is 140 Å². The Morgan fingerprint density at radius 1 is 0.228 bits per heavy atom. The van der Waals surface area contributed by atoms with Crippen LogP contribution in [0.3, 0.4) is 0 Å². The fourth-order valence-electron chi connectivity index (χ4n) is 4.52. The van der Waals surface area contributed by atoms with Crippen molar-refractivity contribution in [3.8, 4) is 0 Å². The predicted octanol–water partition coefficient (Wildman–Crippen LogP) is 1.41. The Bertz CT molecular complexity index is 848. The van der Waals surface area contributed by atoms with Gasteiger partial charge in [-0.15, -0.1) is 0 Å². The van der Waals surface area contributed by atoms with E-state index in [9.17, 15) is 0 Å². The van der Waals surface area contributed by atoms with Gasteiger partial charge in [0.15, 0.2) is 0 Å². The highest BCUT2D eigenvalue weighted by molar-refractivity contribution is 6.83. The molecule has 0 unspecified atom stereocenters. The summed E-state index contributed by atoms with van der Waals surface area (Å²) in [5, 5.41) is 0. The minimum absolute atomic E-state index is 0.285. The Balaban J connectivity index is 0. The first-order chi connectivity index (χ1) is 27.0. The molecule has 0 N–H and O–H groups in total. The zero-order chi connectivity index (χ0) is 44.5. The second-order valence-corrected chi connectivity index (χ2v) is 32.5.